The standard InChI is InChI=1S/C15H17NO2S/c1-11-7-8-19-15(11)14(16-10-18)13(9-17)12-5-3-2-4-6-12/h2-8,10,13-14,17H,9H2,1H3,(H,16,18). The Bertz CT molecular complexity index is 524. The zero-order chi connectivity index (χ0) is 13.7. The third-order valence-electron chi connectivity index (χ3n) is 3.26. The Morgan fingerprint density at radius 3 is 2.58 bits per heavy atom. The Hall–Kier alpha value is -1.65. The van der Waals surface area contributed by atoms with E-state index >= 15 is 0 Å². The second-order valence-corrected chi connectivity index (χ2v) is 5.38. The van der Waals surface area contributed by atoms with E-state index in [2.05, 4.69) is 5.32 Å². The molecule has 2 unspecified atom stereocenters. The Morgan fingerprint density at radius 2 is 2.05 bits per heavy atom. The normalized spacial score (nSPS) is 13.8. The zero-order valence-electron chi connectivity index (χ0n) is 10.7. The molecule has 2 N–H and O–H groups in total. The van der Waals surface area contributed by atoms with Crippen molar-refractivity contribution in [2.45, 2.75) is 18.9 Å². The highest BCUT2D eigenvalue weighted by Gasteiger charge is 2.25. The molecule has 1 aromatic heterocycles. The minimum Gasteiger partial charge on any atom is -0.396 e. The van der Waals surface area contributed by atoms with Gasteiger partial charge in [0, 0.05) is 10.8 Å². The lowest BCUT2D eigenvalue weighted by Gasteiger charge is -2.25. The van der Waals surface area contributed by atoms with E-state index in [-0.39, 0.29) is 18.6 Å². The van der Waals surface area contributed by atoms with Crippen LogP contribution in [0.2, 0.25) is 0 Å². The molecule has 0 fully saturated rings. The van der Waals surface area contributed by atoms with Crippen molar-refractivity contribution < 1.29 is 9.90 Å². The summed E-state index contributed by atoms with van der Waals surface area (Å²) in [4.78, 5) is 12.0. The van der Waals surface area contributed by atoms with E-state index < -0.39 is 0 Å². The van der Waals surface area contributed by atoms with Crippen molar-refractivity contribution in [1.82, 2.24) is 5.32 Å². The molecule has 1 aromatic carbocycles. The predicted octanol–water partition coefficient (Wildman–Crippen LogP) is 2.62. The van der Waals surface area contributed by atoms with Gasteiger partial charge in [-0.3, -0.25) is 4.79 Å². The van der Waals surface area contributed by atoms with E-state index in [1.54, 1.807) is 11.3 Å². The van der Waals surface area contributed by atoms with E-state index in [0.717, 1.165) is 16.0 Å². The van der Waals surface area contributed by atoms with Crippen molar-refractivity contribution in [3.63, 3.8) is 0 Å². The Morgan fingerprint density at radius 1 is 1.32 bits per heavy atom. The van der Waals surface area contributed by atoms with Crippen LogP contribution in [0.15, 0.2) is 41.8 Å². The Kier molecular flexibility index (Phi) is 4.71. The number of carbonyl (C=O) groups excluding carboxylic acids is 1. The summed E-state index contributed by atoms with van der Waals surface area (Å²) in [5.74, 6) is -0.135. The van der Waals surface area contributed by atoms with Crippen molar-refractivity contribution >= 4 is 17.7 Å². The zero-order valence-corrected chi connectivity index (χ0v) is 11.6. The van der Waals surface area contributed by atoms with E-state index in [1.165, 1.54) is 0 Å². The number of hydrogen-bond donors (Lipinski definition) is 2. The third kappa shape index (κ3) is 3.03. The van der Waals surface area contributed by atoms with Crippen molar-refractivity contribution in [3.8, 4) is 0 Å². The summed E-state index contributed by atoms with van der Waals surface area (Å²) in [5.41, 5.74) is 2.16. The number of nitrogens with one attached hydrogen (secondary N) is 1. The molecule has 3 nitrogen and oxygen atoms in total. The molecule has 0 aliphatic heterocycles. The molecule has 0 aliphatic rings. The van der Waals surface area contributed by atoms with Crippen LogP contribution in [0.25, 0.3) is 0 Å². The average molecular weight is 275 g/mol. The van der Waals surface area contributed by atoms with Gasteiger partial charge in [-0.1, -0.05) is 30.3 Å². The molecule has 4 heteroatoms. The van der Waals surface area contributed by atoms with Crippen molar-refractivity contribution in [1.29, 1.82) is 0 Å². The lowest BCUT2D eigenvalue weighted by atomic mass is 9.90. The smallest absolute Gasteiger partial charge is 0.207 e. The van der Waals surface area contributed by atoms with Crippen LogP contribution in [0.4, 0.5) is 0 Å². The first-order chi connectivity index (χ1) is 9.27. The minimum absolute atomic E-state index is 0.00708. The minimum atomic E-state index is -0.190. The first-order valence-electron chi connectivity index (χ1n) is 6.17. The maximum absolute atomic E-state index is 10.9. The Labute approximate surface area is 116 Å². The van der Waals surface area contributed by atoms with Crippen LogP contribution >= 0.6 is 11.3 Å². The molecule has 2 atom stereocenters. The molecule has 0 saturated heterocycles. The highest BCUT2D eigenvalue weighted by atomic mass is 32.1. The number of aliphatic hydroxyl groups is 1. The molecule has 0 bridgehead atoms. The van der Waals surface area contributed by atoms with Gasteiger partial charge in [0.05, 0.1) is 12.6 Å². The summed E-state index contributed by atoms with van der Waals surface area (Å²) in [6.45, 7) is 2.01. The number of carbonyl (C=O) groups is 1. The van der Waals surface area contributed by atoms with E-state index in [1.807, 2.05) is 48.7 Å². The summed E-state index contributed by atoms with van der Waals surface area (Å²) < 4.78 is 0. The summed E-state index contributed by atoms with van der Waals surface area (Å²) in [7, 11) is 0. The SMILES string of the molecule is Cc1ccsc1C(NC=O)C(CO)c1ccccc1. The molecule has 1 amide bonds. The molecule has 0 aliphatic carbocycles. The lowest BCUT2D eigenvalue weighted by Crippen LogP contribution is -2.28. The summed E-state index contributed by atoms with van der Waals surface area (Å²) >= 11 is 1.60. The van der Waals surface area contributed by atoms with E-state index in [4.69, 9.17) is 0 Å². The fourth-order valence-electron chi connectivity index (χ4n) is 2.25. The van der Waals surface area contributed by atoms with Gasteiger partial charge in [0.2, 0.25) is 6.41 Å². The van der Waals surface area contributed by atoms with Crippen LogP contribution in [0.5, 0.6) is 0 Å². The van der Waals surface area contributed by atoms with Crippen LogP contribution < -0.4 is 5.32 Å². The highest BCUT2D eigenvalue weighted by molar-refractivity contribution is 7.10. The maximum Gasteiger partial charge on any atom is 0.207 e. The molecule has 2 rings (SSSR count). The number of thiophene rings is 1. The van der Waals surface area contributed by atoms with Crippen LogP contribution in [-0.2, 0) is 4.79 Å². The first-order valence-corrected chi connectivity index (χ1v) is 7.05. The van der Waals surface area contributed by atoms with Gasteiger partial charge < -0.3 is 10.4 Å². The molecule has 19 heavy (non-hydrogen) atoms. The number of hydrogen-bond acceptors (Lipinski definition) is 3. The number of aryl methyl sites for hydroxylation is 1. The van der Waals surface area contributed by atoms with E-state index in [0.29, 0.717) is 6.41 Å². The molecular formula is C15H17NO2S. The molecule has 0 radical (unpaired) electrons. The van der Waals surface area contributed by atoms with Crippen molar-refractivity contribution in [2.75, 3.05) is 6.61 Å². The molecule has 100 valence electrons. The van der Waals surface area contributed by atoms with Crippen molar-refractivity contribution in [3.05, 3.63) is 57.8 Å². The first kappa shape index (κ1) is 13.8. The monoisotopic (exact) mass is 275 g/mol. The number of rotatable bonds is 6. The molecular weight excluding hydrogens is 258 g/mol. The maximum atomic E-state index is 10.9. The average Bonchev–Trinajstić information content (AvgIpc) is 2.86. The van der Waals surface area contributed by atoms with Crippen LogP contribution in [-0.4, -0.2) is 18.1 Å². The largest absolute Gasteiger partial charge is 0.396 e. The fraction of sp³-hybridized carbons (Fsp3) is 0.267. The predicted molar refractivity (Wildman–Crippen MR) is 77.3 cm³/mol. The van der Waals surface area contributed by atoms with Gasteiger partial charge in [-0.25, -0.2) is 0 Å². The summed E-state index contributed by atoms with van der Waals surface area (Å²) in [5, 5.41) is 14.6. The molecule has 2 aromatic rings. The van der Waals surface area contributed by atoms with Gasteiger partial charge in [-0.15, -0.1) is 11.3 Å². The van der Waals surface area contributed by atoms with Crippen LogP contribution in [0.3, 0.4) is 0 Å². The molecule has 1 heterocycles. The van der Waals surface area contributed by atoms with Gasteiger partial charge in [-0.05, 0) is 29.5 Å². The van der Waals surface area contributed by atoms with Gasteiger partial charge >= 0.3 is 0 Å². The van der Waals surface area contributed by atoms with Crippen molar-refractivity contribution in [2.24, 2.45) is 0 Å². The lowest BCUT2D eigenvalue weighted by molar-refractivity contribution is -0.110. The van der Waals surface area contributed by atoms with Gasteiger partial charge in [-0.2, -0.15) is 0 Å². The second-order valence-electron chi connectivity index (χ2n) is 4.43. The number of benzene rings is 1. The topological polar surface area (TPSA) is 49.3 Å². The van der Waals surface area contributed by atoms with Gasteiger partial charge in [0.25, 0.3) is 0 Å². The summed E-state index contributed by atoms with van der Waals surface area (Å²) in [6, 6.07) is 11.6. The van der Waals surface area contributed by atoms with Crippen LogP contribution in [0.1, 0.15) is 28.0 Å². The van der Waals surface area contributed by atoms with Gasteiger partial charge in [0.1, 0.15) is 0 Å². The molecule has 0 saturated carbocycles. The highest BCUT2D eigenvalue weighted by Crippen LogP contribution is 2.34. The van der Waals surface area contributed by atoms with Gasteiger partial charge in [0.15, 0.2) is 0 Å². The second kappa shape index (κ2) is 6.50. The fourth-order valence-corrected chi connectivity index (χ4v) is 3.31. The number of amides is 1. The van der Waals surface area contributed by atoms with E-state index in [9.17, 15) is 9.90 Å². The third-order valence-corrected chi connectivity index (χ3v) is 4.36. The summed E-state index contributed by atoms with van der Waals surface area (Å²) in [6.07, 6.45) is 0.704. The quantitative estimate of drug-likeness (QED) is 0.796. The molecule has 0 spiro atoms. The number of aliphatic hydroxyl groups excluding tert-OH is 1. The Balaban J connectivity index is 2.37. The van der Waals surface area contributed by atoms with Crippen LogP contribution in [0, 0.1) is 6.92 Å².